The number of carbonyl (C=O) groups is 2. The number of sulfone groups is 1. The number of ether oxygens (including phenoxy) is 2. The Balaban J connectivity index is 1.68. The van der Waals surface area contributed by atoms with Crippen LogP contribution in [0.5, 0.6) is 11.5 Å². The zero-order chi connectivity index (χ0) is 24.0. The van der Waals surface area contributed by atoms with Gasteiger partial charge in [-0.15, -0.1) is 0 Å². The molecule has 1 unspecified atom stereocenters. The van der Waals surface area contributed by atoms with Crippen LogP contribution in [-0.4, -0.2) is 86.8 Å². The van der Waals surface area contributed by atoms with Crippen molar-refractivity contribution in [1.82, 2.24) is 9.91 Å². The first-order valence-corrected chi connectivity index (χ1v) is 13.0. The van der Waals surface area contributed by atoms with Crippen LogP contribution in [0.2, 0.25) is 0 Å². The average Bonchev–Trinajstić information content (AvgIpc) is 3.16. The Morgan fingerprint density at radius 1 is 1.24 bits per heavy atom. The Bertz CT molecular complexity index is 1010. The number of likely N-dealkylation sites (N-methyl/N-ethyl adjacent to an activating group) is 1. The third-order valence-corrected chi connectivity index (χ3v) is 7.61. The molecule has 2 amide bonds. The molecular weight excluding hydrogens is 448 g/mol. The minimum Gasteiger partial charge on any atom is -0.493 e. The average molecular weight is 481 g/mol. The lowest BCUT2D eigenvalue weighted by atomic mass is 10.1. The van der Waals surface area contributed by atoms with Crippen LogP contribution in [-0.2, 0) is 19.4 Å². The first-order chi connectivity index (χ1) is 15.8. The second kappa shape index (κ2) is 11.0. The van der Waals surface area contributed by atoms with Crippen LogP contribution >= 0.6 is 0 Å². The van der Waals surface area contributed by atoms with Gasteiger partial charge in [0.2, 0.25) is 5.91 Å². The van der Waals surface area contributed by atoms with Crippen molar-refractivity contribution in [2.45, 2.75) is 39.2 Å². The molecule has 182 valence electrons. The fourth-order valence-electron chi connectivity index (χ4n) is 3.88. The zero-order valence-electron chi connectivity index (χ0n) is 19.4. The van der Waals surface area contributed by atoms with Gasteiger partial charge in [0, 0.05) is 31.1 Å². The van der Waals surface area contributed by atoms with Gasteiger partial charge in [0.25, 0.3) is 5.91 Å². The molecule has 0 aliphatic carbocycles. The molecule has 0 radical (unpaired) electrons. The second-order valence-electron chi connectivity index (χ2n) is 8.04. The Hall–Kier alpha value is -2.66. The van der Waals surface area contributed by atoms with Gasteiger partial charge in [-0.2, -0.15) is 5.10 Å². The highest BCUT2D eigenvalue weighted by molar-refractivity contribution is 7.91. The van der Waals surface area contributed by atoms with Gasteiger partial charge in [-0.1, -0.05) is 13.8 Å². The Morgan fingerprint density at radius 2 is 2.00 bits per heavy atom. The maximum absolute atomic E-state index is 12.8. The summed E-state index contributed by atoms with van der Waals surface area (Å²) in [5.74, 6) is 0.281. The molecule has 0 bridgehead atoms. The van der Waals surface area contributed by atoms with Crippen molar-refractivity contribution >= 4 is 33.1 Å². The van der Waals surface area contributed by atoms with Crippen molar-refractivity contribution in [3.63, 3.8) is 0 Å². The number of hydrogen-bond donors (Lipinski definition) is 1. The number of carbonyl (C=O) groups excluding carboxylic acids is 2. The van der Waals surface area contributed by atoms with Gasteiger partial charge in [-0.3, -0.25) is 9.59 Å². The van der Waals surface area contributed by atoms with Crippen molar-refractivity contribution in [2.24, 2.45) is 5.10 Å². The van der Waals surface area contributed by atoms with Crippen LogP contribution in [0, 0.1) is 0 Å². The lowest BCUT2D eigenvalue weighted by Crippen LogP contribution is -2.42. The van der Waals surface area contributed by atoms with Gasteiger partial charge in [-0.25, -0.2) is 13.4 Å². The van der Waals surface area contributed by atoms with E-state index in [1.165, 1.54) is 5.01 Å². The summed E-state index contributed by atoms with van der Waals surface area (Å²) in [6, 6.07) is 4.58. The number of methoxy groups -OCH3 is 1. The van der Waals surface area contributed by atoms with E-state index in [0.29, 0.717) is 30.2 Å². The minimum absolute atomic E-state index is 0.0292. The summed E-state index contributed by atoms with van der Waals surface area (Å²) in [6.07, 6.45) is 0.647. The molecular formula is C22H32N4O6S. The van der Waals surface area contributed by atoms with E-state index in [1.807, 2.05) is 0 Å². The van der Waals surface area contributed by atoms with E-state index < -0.39 is 21.8 Å². The maximum atomic E-state index is 12.8. The summed E-state index contributed by atoms with van der Waals surface area (Å²) in [7, 11) is -1.62. The largest absolute Gasteiger partial charge is 0.493 e. The molecule has 2 aliphatic heterocycles. The Morgan fingerprint density at radius 3 is 2.64 bits per heavy atom. The van der Waals surface area contributed by atoms with Crippen molar-refractivity contribution < 1.29 is 27.5 Å². The highest BCUT2D eigenvalue weighted by atomic mass is 32.2. The highest BCUT2D eigenvalue weighted by Gasteiger charge is 2.37. The van der Waals surface area contributed by atoms with Gasteiger partial charge in [-0.05, 0) is 31.6 Å². The number of nitrogens with one attached hydrogen (secondary N) is 1. The fraction of sp³-hybridized carbons (Fsp3) is 0.591. The summed E-state index contributed by atoms with van der Waals surface area (Å²) in [5, 5.41) is 8.19. The highest BCUT2D eigenvalue weighted by Crippen LogP contribution is 2.30. The number of rotatable bonds is 10. The Kier molecular flexibility index (Phi) is 8.30. The molecule has 1 atom stereocenters. The SMILES string of the molecule is CCN(CC)CCOc1cc(NC(=O)C2=NN(C3CCS(=O)(=O)C3)C(=O)CC2)ccc1OC. The van der Waals surface area contributed by atoms with E-state index in [2.05, 4.69) is 29.2 Å². The second-order valence-corrected chi connectivity index (χ2v) is 10.3. The van der Waals surface area contributed by atoms with Crippen LogP contribution in [0.25, 0.3) is 0 Å². The standard InChI is InChI=1S/C22H32N4O6S/c1-4-25(5-2)11-12-32-20-14-16(6-8-19(20)31-3)23-22(28)18-7-9-21(27)26(24-18)17-10-13-33(29,30)15-17/h6,8,14,17H,4-5,7,9-13,15H2,1-3H3,(H,23,28). The van der Waals surface area contributed by atoms with E-state index in [-0.39, 0.29) is 36.0 Å². The number of anilines is 1. The molecule has 0 aromatic heterocycles. The lowest BCUT2D eigenvalue weighted by molar-refractivity contribution is -0.133. The predicted octanol–water partition coefficient (Wildman–Crippen LogP) is 1.52. The first kappa shape index (κ1) is 25.0. The molecule has 1 N–H and O–H groups in total. The lowest BCUT2D eigenvalue weighted by Gasteiger charge is -2.27. The Labute approximate surface area is 194 Å². The quantitative estimate of drug-likeness (QED) is 0.539. The molecule has 1 aromatic carbocycles. The summed E-state index contributed by atoms with van der Waals surface area (Å²) in [4.78, 5) is 27.4. The van der Waals surface area contributed by atoms with E-state index in [4.69, 9.17) is 9.47 Å². The molecule has 1 fully saturated rings. The van der Waals surface area contributed by atoms with Gasteiger partial charge in [0.1, 0.15) is 12.3 Å². The van der Waals surface area contributed by atoms with E-state index >= 15 is 0 Å². The summed E-state index contributed by atoms with van der Waals surface area (Å²) in [5.41, 5.74) is 0.701. The number of hydrogen-bond acceptors (Lipinski definition) is 8. The molecule has 3 rings (SSSR count). The van der Waals surface area contributed by atoms with Gasteiger partial charge in [0.15, 0.2) is 21.3 Å². The smallest absolute Gasteiger partial charge is 0.271 e. The maximum Gasteiger partial charge on any atom is 0.271 e. The minimum atomic E-state index is -3.18. The van der Waals surface area contributed by atoms with E-state index in [1.54, 1.807) is 25.3 Å². The summed E-state index contributed by atoms with van der Waals surface area (Å²) >= 11 is 0. The molecule has 1 aromatic rings. The number of amides is 2. The summed E-state index contributed by atoms with van der Waals surface area (Å²) in [6.45, 7) is 7.29. The fourth-order valence-corrected chi connectivity index (χ4v) is 5.58. The van der Waals surface area contributed by atoms with Gasteiger partial charge < -0.3 is 19.7 Å². The predicted molar refractivity (Wildman–Crippen MR) is 125 cm³/mol. The molecule has 33 heavy (non-hydrogen) atoms. The van der Waals surface area contributed by atoms with Gasteiger partial charge >= 0.3 is 0 Å². The van der Waals surface area contributed by atoms with Crippen molar-refractivity contribution in [1.29, 1.82) is 0 Å². The van der Waals surface area contributed by atoms with Crippen LogP contribution in [0.15, 0.2) is 23.3 Å². The zero-order valence-corrected chi connectivity index (χ0v) is 20.2. The van der Waals surface area contributed by atoms with E-state index in [0.717, 1.165) is 19.6 Å². The molecule has 1 saturated heterocycles. The first-order valence-electron chi connectivity index (χ1n) is 11.2. The molecule has 0 spiro atoms. The molecule has 11 heteroatoms. The summed E-state index contributed by atoms with van der Waals surface area (Å²) < 4.78 is 34.8. The number of benzene rings is 1. The number of nitrogens with zero attached hydrogens (tertiary/aromatic N) is 3. The normalized spacial score (nSPS) is 20.0. The van der Waals surface area contributed by atoms with Crippen molar-refractivity contribution in [3.05, 3.63) is 18.2 Å². The third-order valence-electron chi connectivity index (χ3n) is 5.86. The molecule has 2 heterocycles. The van der Waals surface area contributed by atoms with Gasteiger partial charge in [0.05, 0.1) is 24.7 Å². The van der Waals surface area contributed by atoms with Crippen LogP contribution in [0.1, 0.15) is 33.1 Å². The van der Waals surface area contributed by atoms with Crippen molar-refractivity contribution in [2.75, 3.05) is 50.2 Å². The van der Waals surface area contributed by atoms with Crippen molar-refractivity contribution in [3.8, 4) is 11.5 Å². The third kappa shape index (κ3) is 6.44. The monoisotopic (exact) mass is 480 g/mol. The molecule has 2 aliphatic rings. The molecule has 0 saturated carbocycles. The topological polar surface area (TPSA) is 118 Å². The van der Waals surface area contributed by atoms with Crippen LogP contribution in [0.3, 0.4) is 0 Å². The van der Waals surface area contributed by atoms with Crippen LogP contribution < -0.4 is 14.8 Å². The van der Waals surface area contributed by atoms with E-state index in [9.17, 15) is 18.0 Å². The number of hydrazone groups is 1. The molecule has 10 nitrogen and oxygen atoms in total. The van der Waals surface area contributed by atoms with Crippen LogP contribution in [0.4, 0.5) is 5.69 Å².